The van der Waals surface area contributed by atoms with E-state index in [9.17, 15) is 14.0 Å². The van der Waals surface area contributed by atoms with E-state index in [4.69, 9.17) is 11.6 Å². The summed E-state index contributed by atoms with van der Waals surface area (Å²) in [6.07, 6.45) is 0. The van der Waals surface area contributed by atoms with Gasteiger partial charge in [0.15, 0.2) is 5.78 Å². The van der Waals surface area contributed by atoms with Crippen LogP contribution in [0.25, 0.3) is 0 Å². The Kier molecular flexibility index (Phi) is 5.57. The molecule has 1 heterocycles. The lowest BCUT2D eigenvalue weighted by Crippen LogP contribution is -2.16. The van der Waals surface area contributed by atoms with Crippen molar-refractivity contribution in [2.24, 2.45) is 7.05 Å². The standard InChI is InChI=1S/C22H21ClFN3O2/c1-22(2,3)19-12-18(27(4)26-19)21(29)25-15-7-5-6-13(10-15)20(28)16-9-8-14(23)11-17(16)24/h5-12H,1-4H3,(H,25,29). The zero-order valence-corrected chi connectivity index (χ0v) is 17.3. The number of anilines is 1. The van der Waals surface area contributed by atoms with E-state index in [1.165, 1.54) is 22.9 Å². The molecule has 29 heavy (non-hydrogen) atoms. The second-order valence-corrected chi connectivity index (χ2v) is 8.21. The Labute approximate surface area is 173 Å². The molecule has 0 radical (unpaired) electrons. The lowest BCUT2D eigenvalue weighted by molar-refractivity contribution is 0.101. The maximum Gasteiger partial charge on any atom is 0.273 e. The van der Waals surface area contributed by atoms with Crippen molar-refractivity contribution in [2.45, 2.75) is 26.2 Å². The highest BCUT2D eigenvalue weighted by Crippen LogP contribution is 2.23. The quantitative estimate of drug-likeness (QED) is 0.612. The van der Waals surface area contributed by atoms with Gasteiger partial charge in [-0.2, -0.15) is 5.10 Å². The van der Waals surface area contributed by atoms with E-state index in [1.807, 2.05) is 20.8 Å². The van der Waals surface area contributed by atoms with Crippen LogP contribution < -0.4 is 5.32 Å². The molecular weight excluding hydrogens is 393 g/mol. The van der Waals surface area contributed by atoms with E-state index < -0.39 is 11.6 Å². The molecule has 0 unspecified atom stereocenters. The number of hydrogen-bond donors (Lipinski definition) is 1. The maximum absolute atomic E-state index is 14.1. The van der Waals surface area contributed by atoms with Crippen LogP contribution in [-0.4, -0.2) is 21.5 Å². The Bertz CT molecular complexity index is 1100. The average molecular weight is 414 g/mol. The molecule has 0 saturated heterocycles. The van der Waals surface area contributed by atoms with Gasteiger partial charge in [-0.05, 0) is 36.4 Å². The van der Waals surface area contributed by atoms with Crippen molar-refractivity contribution < 1.29 is 14.0 Å². The first-order valence-electron chi connectivity index (χ1n) is 9.02. The van der Waals surface area contributed by atoms with E-state index in [0.29, 0.717) is 11.4 Å². The predicted octanol–water partition coefficient (Wildman–Crippen LogP) is 4.99. The molecule has 1 N–H and O–H groups in total. The number of nitrogens with zero attached hydrogens (tertiary/aromatic N) is 2. The minimum Gasteiger partial charge on any atom is -0.321 e. The second-order valence-electron chi connectivity index (χ2n) is 7.78. The van der Waals surface area contributed by atoms with Crippen LogP contribution in [0.3, 0.4) is 0 Å². The van der Waals surface area contributed by atoms with E-state index in [0.717, 1.165) is 11.8 Å². The maximum atomic E-state index is 14.1. The molecule has 0 atom stereocenters. The Morgan fingerprint density at radius 3 is 2.45 bits per heavy atom. The van der Waals surface area contributed by atoms with Gasteiger partial charge in [0.25, 0.3) is 5.91 Å². The Morgan fingerprint density at radius 1 is 1.10 bits per heavy atom. The van der Waals surface area contributed by atoms with Crippen molar-refractivity contribution in [3.63, 3.8) is 0 Å². The van der Waals surface area contributed by atoms with Crippen LogP contribution in [0.4, 0.5) is 10.1 Å². The van der Waals surface area contributed by atoms with Crippen LogP contribution in [0, 0.1) is 5.82 Å². The number of benzene rings is 2. The van der Waals surface area contributed by atoms with E-state index in [1.54, 1.807) is 31.3 Å². The predicted molar refractivity (Wildman–Crippen MR) is 111 cm³/mol. The number of aromatic nitrogens is 2. The molecule has 7 heteroatoms. The van der Waals surface area contributed by atoms with E-state index in [-0.39, 0.29) is 27.5 Å². The summed E-state index contributed by atoms with van der Waals surface area (Å²) < 4.78 is 15.6. The minimum atomic E-state index is -0.693. The summed E-state index contributed by atoms with van der Waals surface area (Å²) in [5.74, 6) is -1.54. The SMILES string of the molecule is Cn1nc(C(C)(C)C)cc1C(=O)Nc1cccc(C(=O)c2ccc(Cl)cc2F)c1. The molecule has 1 aromatic heterocycles. The van der Waals surface area contributed by atoms with Crippen molar-refractivity contribution in [3.8, 4) is 0 Å². The first-order valence-corrected chi connectivity index (χ1v) is 9.40. The van der Waals surface area contributed by atoms with Crippen molar-refractivity contribution in [3.05, 3.63) is 81.9 Å². The molecule has 0 aliphatic rings. The second kappa shape index (κ2) is 7.79. The highest BCUT2D eigenvalue weighted by molar-refractivity contribution is 6.30. The lowest BCUT2D eigenvalue weighted by Gasteiger charge is -2.13. The van der Waals surface area contributed by atoms with Gasteiger partial charge in [0, 0.05) is 28.7 Å². The fourth-order valence-corrected chi connectivity index (χ4v) is 2.97. The minimum absolute atomic E-state index is 0.0840. The van der Waals surface area contributed by atoms with E-state index in [2.05, 4.69) is 10.4 Å². The third-order valence-electron chi connectivity index (χ3n) is 4.44. The van der Waals surface area contributed by atoms with Gasteiger partial charge in [-0.1, -0.05) is 44.5 Å². The summed E-state index contributed by atoms with van der Waals surface area (Å²) in [6.45, 7) is 6.05. The number of amides is 1. The lowest BCUT2D eigenvalue weighted by atomic mass is 9.92. The van der Waals surface area contributed by atoms with Gasteiger partial charge in [-0.3, -0.25) is 14.3 Å². The molecule has 0 saturated carbocycles. The monoisotopic (exact) mass is 413 g/mol. The topological polar surface area (TPSA) is 64.0 Å². The van der Waals surface area contributed by atoms with Crippen molar-refractivity contribution in [1.29, 1.82) is 0 Å². The normalized spacial score (nSPS) is 11.4. The smallest absolute Gasteiger partial charge is 0.273 e. The summed E-state index contributed by atoms with van der Waals surface area (Å²) in [5, 5.41) is 7.38. The highest BCUT2D eigenvalue weighted by Gasteiger charge is 2.22. The van der Waals surface area contributed by atoms with Gasteiger partial charge < -0.3 is 5.32 Å². The van der Waals surface area contributed by atoms with Gasteiger partial charge in [-0.15, -0.1) is 0 Å². The van der Waals surface area contributed by atoms with Crippen LogP contribution in [0.15, 0.2) is 48.5 Å². The molecule has 5 nitrogen and oxygen atoms in total. The van der Waals surface area contributed by atoms with Crippen LogP contribution in [0.1, 0.15) is 52.9 Å². The number of ketones is 1. The third kappa shape index (κ3) is 4.54. The molecular formula is C22H21ClFN3O2. The third-order valence-corrected chi connectivity index (χ3v) is 4.67. The number of carbonyl (C=O) groups excluding carboxylic acids is 2. The fourth-order valence-electron chi connectivity index (χ4n) is 2.81. The van der Waals surface area contributed by atoms with Gasteiger partial charge in [-0.25, -0.2) is 4.39 Å². The first-order chi connectivity index (χ1) is 13.6. The fraction of sp³-hybridized carbons (Fsp3) is 0.227. The number of aryl methyl sites for hydroxylation is 1. The molecule has 150 valence electrons. The van der Waals surface area contributed by atoms with Crippen molar-refractivity contribution >= 4 is 29.0 Å². The van der Waals surface area contributed by atoms with Gasteiger partial charge in [0.1, 0.15) is 11.5 Å². The molecule has 0 spiro atoms. The number of hydrogen-bond acceptors (Lipinski definition) is 3. The van der Waals surface area contributed by atoms with E-state index >= 15 is 0 Å². The van der Waals surface area contributed by atoms with Crippen molar-refractivity contribution in [1.82, 2.24) is 9.78 Å². The van der Waals surface area contributed by atoms with Crippen LogP contribution in [0.5, 0.6) is 0 Å². The van der Waals surface area contributed by atoms with Gasteiger partial charge in [0.05, 0.1) is 11.3 Å². The Balaban J connectivity index is 1.84. The molecule has 0 aliphatic carbocycles. The molecule has 3 aromatic rings. The summed E-state index contributed by atoms with van der Waals surface area (Å²) >= 11 is 5.75. The van der Waals surface area contributed by atoms with Gasteiger partial charge >= 0.3 is 0 Å². The summed E-state index contributed by atoms with van der Waals surface area (Å²) in [5.41, 5.74) is 1.60. The zero-order valence-electron chi connectivity index (χ0n) is 16.6. The Hall–Kier alpha value is -2.99. The van der Waals surface area contributed by atoms with Crippen LogP contribution in [-0.2, 0) is 12.5 Å². The van der Waals surface area contributed by atoms with Crippen LogP contribution in [0.2, 0.25) is 5.02 Å². The molecule has 0 fully saturated rings. The highest BCUT2D eigenvalue weighted by atomic mass is 35.5. The average Bonchev–Trinajstić information content (AvgIpc) is 3.04. The van der Waals surface area contributed by atoms with Gasteiger partial charge in [0.2, 0.25) is 0 Å². The molecule has 1 amide bonds. The largest absolute Gasteiger partial charge is 0.321 e. The summed E-state index contributed by atoms with van der Waals surface area (Å²) in [7, 11) is 1.70. The number of rotatable bonds is 4. The summed E-state index contributed by atoms with van der Waals surface area (Å²) in [6, 6.07) is 12.0. The first kappa shape index (κ1) is 20.7. The van der Waals surface area contributed by atoms with Crippen molar-refractivity contribution in [2.75, 3.05) is 5.32 Å². The number of carbonyl (C=O) groups is 2. The summed E-state index contributed by atoms with van der Waals surface area (Å²) in [4.78, 5) is 25.3. The molecule has 0 bridgehead atoms. The molecule has 2 aromatic carbocycles. The zero-order chi connectivity index (χ0) is 21.3. The Morgan fingerprint density at radius 2 is 1.83 bits per heavy atom. The molecule has 0 aliphatic heterocycles. The number of nitrogens with one attached hydrogen (secondary N) is 1. The number of halogens is 2. The van der Waals surface area contributed by atoms with Crippen LogP contribution >= 0.6 is 11.6 Å². The molecule has 3 rings (SSSR count).